The molecule has 0 aliphatic carbocycles. The lowest BCUT2D eigenvalue weighted by molar-refractivity contribution is -0.138. The number of carboxylic acids is 1. The van der Waals surface area contributed by atoms with Crippen molar-refractivity contribution >= 4 is 5.97 Å². The van der Waals surface area contributed by atoms with Gasteiger partial charge in [0.25, 0.3) is 0 Å². The number of carbonyl (C=O) groups is 1. The Morgan fingerprint density at radius 3 is 2.47 bits per heavy atom. The molecule has 0 spiro atoms. The summed E-state index contributed by atoms with van der Waals surface area (Å²) < 4.78 is 24.6. The number of rotatable bonds is 6. The molecule has 0 fully saturated rings. The number of hydrogen-bond donors (Lipinski definition) is 1. The zero-order valence-corrected chi connectivity index (χ0v) is 11.6. The van der Waals surface area contributed by atoms with Crippen LogP contribution in [-0.2, 0) is 21.6 Å². The van der Waals surface area contributed by atoms with Gasteiger partial charge in [-0.3, -0.25) is 4.79 Å². The lowest BCUT2D eigenvalue weighted by Crippen LogP contribution is -2.24. The Morgan fingerprint density at radius 2 is 2.00 bits per heavy atom. The Labute approximate surface area is 112 Å². The van der Waals surface area contributed by atoms with Crippen LogP contribution in [0.2, 0.25) is 0 Å². The molecule has 0 radical (unpaired) electrons. The molecule has 1 rings (SSSR count). The number of ether oxygens (including phenoxy) is 2. The van der Waals surface area contributed by atoms with Gasteiger partial charge in [-0.05, 0) is 11.6 Å². The normalized spacial score (nSPS) is 11.4. The standard InChI is InChI=1S/C14H19FO4/c1-14(2,7-12(16)17)10-5-6-11(19-4)9(8-18-3)13(10)15/h5-6H,7-8H2,1-4H3,(H,16,17). The first kappa shape index (κ1) is 15.4. The largest absolute Gasteiger partial charge is 0.496 e. The molecule has 19 heavy (non-hydrogen) atoms. The van der Waals surface area contributed by atoms with Crippen LogP contribution in [0.1, 0.15) is 31.4 Å². The van der Waals surface area contributed by atoms with Crippen molar-refractivity contribution in [2.75, 3.05) is 14.2 Å². The van der Waals surface area contributed by atoms with Gasteiger partial charge in [-0.1, -0.05) is 19.9 Å². The number of aliphatic carboxylic acids is 1. The second-order valence-electron chi connectivity index (χ2n) is 5.00. The van der Waals surface area contributed by atoms with Gasteiger partial charge >= 0.3 is 5.97 Å². The van der Waals surface area contributed by atoms with Crippen molar-refractivity contribution in [3.05, 3.63) is 29.1 Å². The molecule has 1 aromatic rings. The monoisotopic (exact) mass is 270 g/mol. The third-order valence-electron chi connectivity index (χ3n) is 3.03. The highest BCUT2D eigenvalue weighted by Crippen LogP contribution is 2.34. The molecule has 0 bridgehead atoms. The van der Waals surface area contributed by atoms with Crippen LogP contribution in [0.15, 0.2) is 12.1 Å². The first-order valence-electron chi connectivity index (χ1n) is 5.90. The average molecular weight is 270 g/mol. The summed E-state index contributed by atoms with van der Waals surface area (Å²) >= 11 is 0. The van der Waals surface area contributed by atoms with E-state index in [0.717, 1.165) is 0 Å². The third kappa shape index (κ3) is 3.44. The number of halogens is 1. The van der Waals surface area contributed by atoms with Crippen LogP contribution in [-0.4, -0.2) is 25.3 Å². The van der Waals surface area contributed by atoms with Crippen LogP contribution in [0.5, 0.6) is 5.75 Å². The van der Waals surface area contributed by atoms with E-state index in [9.17, 15) is 9.18 Å². The van der Waals surface area contributed by atoms with E-state index in [1.165, 1.54) is 14.2 Å². The van der Waals surface area contributed by atoms with E-state index in [0.29, 0.717) is 16.9 Å². The molecule has 0 aromatic heterocycles. The van der Waals surface area contributed by atoms with Gasteiger partial charge in [0.05, 0.1) is 25.7 Å². The maximum absolute atomic E-state index is 14.5. The minimum absolute atomic E-state index is 0.0754. The smallest absolute Gasteiger partial charge is 0.304 e. The summed E-state index contributed by atoms with van der Waals surface area (Å²) in [6.45, 7) is 3.47. The highest BCUT2D eigenvalue weighted by atomic mass is 19.1. The summed E-state index contributed by atoms with van der Waals surface area (Å²) in [4.78, 5) is 10.9. The minimum Gasteiger partial charge on any atom is -0.496 e. The Hall–Kier alpha value is -1.62. The van der Waals surface area contributed by atoms with E-state index in [4.69, 9.17) is 14.6 Å². The van der Waals surface area contributed by atoms with Crippen molar-refractivity contribution in [1.82, 2.24) is 0 Å². The Bertz CT molecular complexity index is 469. The summed E-state index contributed by atoms with van der Waals surface area (Å²) in [6.07, 6.45) is -0.150. The first-order valence-corrected chi connectivity index (χ1v) is 5.90. The lowest BCUT2D eigenvalue weighted by atomic mass is 9.80. The van der Waals surface area contributed by atoms with Crippen LogP contribution >= 0.6 is 0 Å². The van der Waals surface area contributed by atoms with Crippen LogP contribution in [0, 0.1) is 5.82 Å². The molecule has 0 atom stereocenters. The highest BCUT2D eigenvalue weighted by molar-refractivity contribution is 5.69. The van der Waals surface area contributed by atoms with Gasteiger partial charge < -0.3 is 14.6 Å². The predicted octanol–water partition coefficient (Wildman–Crippen LogP) is 2.73. The van der Waals surface area contributed by atoms with Crippen molar-refractivity contribution in [1.29, 1.82) is 0 Å². The molecule has 0 unspecified atom stereocenters. The zero-order chi connectivity index (χ0) is 14.6. The molecule has 5 heteroatoms. The van der Waals surface area contributed by atoms with Crippen LogP contribution in [0.25, 0.3) is 0 Å². The summed E-state index contributed by atoms with van der Waals surface area (Å²) in [5, 5.41) is 8.90. The van der Waals surface area contributed by atoms with E-state index in [1.54, 1.807) is 26.0 Å². The molecule has 0 saturated heterocycles. The number of methoxy groups -OCH3 is 2. The SMILES string of the molecule is COCc1c(OC)ccc(C(C)(C)CC(=O)O)c1F. The maximum atomic E-state index is 14.5. The fourth-order valence-electron chi connectivity index (χ4n) is 2.07. The summed E-state index contributed by atoms with van der Waals surface area (Å²) in [5.74, 6) is -1.03. The number of hydrogen-bond acceptors (Lipinski definition) is 3. The molecule has 0 aliphatic rings. The molecule has 1 aromatic carbocycles. The lowest BCUT2D eigenvalue weighted by Gasteiger charge is -2.25. The molecular formula is C14H19FO4. The van der Waals surface area contributed by atoms with Gasteiger partial charge in [-0.15, -0.1) is 0 Å². The first-order chi connectivity index (χ1) is 8.83. The third-order valence-corrected chi connectivity index (χ3v) is 3.03. The molecule has 106 valence electrons. The quantitative estimate of drug-likeness (QED) is 0.863. The molecule has 0 saturated carbocycles. The molecule has 0 heterocycles. The van der Waals surface area contributed by atoms with Gasteiger partial charge in [-0.25, -0.2) is 4.39 Å². The van der Waals surface area contributed by atoms with Gasteiger partial charge in [0.2, 0.25) is 0 Å². The van der Waals surface area contributed by atoms with Crippen LogP contribution < -0.4 is 4.74 Å². The molecule has 0 aliphatic heterocycles. The van der Waals surface area contributed by atoms with E-state index < -0.39 is 17.2 Å². The zero-order valence-electron chi connectivity index (χ0n) is 11.6. The summed E-state index contributed by atoms with van der Waals surface area (Å²) in [6, 6.07) is 3.20. The fraction of sp³-hybridized carbons (Fsp3) is 0.500. The average Bonchev–Trinajstić information content (AvgIpc) is 2.29. The van der Waals surface area contributed by atoms with E-state index in [-0.39, 0.29) is 13.0 Å². The van der Waals surface area contributed by atoms with Gasteiger partial charge in [0, 0.05) is 12.5 Å². The molecule has 0 amide bonds. The molecule has 4 nitrogen and oxygen atoms in total. The molecular weight excluding hydrogens is 251 g/mol. The van der Waals surface area contributed by atoms with Crippen molar-refractivity contribution in [3.8, 4) is 5.75 Å². The highest BCUT2D eigenvalue weighted by Gasteiger charge is 2.29. The van der Waals surface area contributed by atoms with Gasteiger partial charge in [0.15, 0.2) is 0 Å². The minimum atomic E-state index is -0.964. The summed E-state index contributed by atoms with van der Waals surface area (Å²) in [5.41, 5.74) is -0.145. The fourth-order valence-corrected chi connectivity index (χ4v) is 2.07. The van der Waals surface area contributed by atoms with Crippen molar-refractivity contribution in [2.24, 2.45) is 0 Å². The van der Waals surface area contributed by atoms with Crippen molar-refractivity contribution in [3.63, 3.8) is 0 Å². The van der Waals surface area contributed by atoms with Gasteiger partial charge in [-0.2, -0.15) is 0 Å². The topological polar surface area (TPSA) is 55.8 Å². The number of carboxylic acid groups (broad SMARTS) is 1. The van der Waals surface area contributed by atoms with E-state index in [2.05, 4.69) is 0 Å². The Balaban J connectivity index is 3.30. The van der Waals surface area contributed by atoms with E-state index >= 15 is 0 Å². The van der Waals surface area contributed by atoms with Crippen molar-refractivity contribution < 1.29 is 23.8 Å². The van der Waals surface area contributed by atoms with Crippen LogP contribution in [0.3, 0.4) is 0 Å². The van der Waals surface area contributed by atoms with E-state index in [1.807, 2.05) is 0 Å². The predicted molar refractivity (Wildman–Crippen MR) is 68.9 cm³/mol. The number of benzene rings is 1. The molecule has 1 N–H and O–H groups in total. The van der Waals surface area contributed by atoms with Crippen LogP contribution in [0.4, 0.5) is 4.39 Å². The second kappa shape index (κ2) is 6.02. The van der Waals surface area contributed by atoms with Gasteiger partial charge in [0.1, 0.15) is 11.6 Å². The maximum Gasteiger partial charge on any atom is 0.304 e. The summed E-state index contributed by atoms with van der Waals surface area (Å²) in [7, 11) is 2.92. The Morgan fingerprint density at radius 1 is 1.37 bits per heavy atom. The van der Waals surface area contributed by atoms with Crippen molar-refractivity contribution in [2.45, 2.75) is 32.3 Å². The second-order valence-corrected chi connectivity index (χ2v) is 5.00. The Kier molecular flexibility index (Phi) is 4.89.